The molecule has 0 bridgehead atoms. The number of rotatable bonds is 9. The third-order valence-electron chi connectivity index (χ3n) is 9.05. The SMILES string of the molecule is CC1(C)CCC(O/N=C(\C(=O)N[C@H]2CON(C3(C(=O)O)CC(n4cc5cc(O)c(O)cn5c4=O)C(=O)O3)C2=O)c2csc(N)n2)(C(=O)O)CC1. The van der Waals surface area contributed by atoms with E-state index in [1.165, 1.54) is 5.38 Å². The maximum absolute atomic E-state index is 13.6. The van der Waals surface area contributed by atoms with Crippen LogP contribution in [0.5, 0.6) is 11.5 Å². The standard InChI is InChI=1S/C29H31N7O13S/c1-27(2)3-5-28(6-4-27,23(42)43)49-33-19(15-12-50-25(30)32-15)20(39)31-14-11-47-36(21(14)40)29(24(44)45)8-16(22(41)48-29)35-9-13-7-17(37)18(38)10-34(13)26(35)46/h7,9-10,12,14,16,37-38H,3-6,8,11H2,1-2H3,(H2,30,32)(H,31,39)(H,42,43)(H,44,45)/b33-19-/t14-,16?,29?/m0/s1. The number of aromatic nitrogens is 3. The van der Waals surface area contributed by atoms with Crippen molar-refractivity contribution in [1.82, 2.24) is 24.3 Å². The number of anilines is 1. The molecule has 266 valence electrons. The van der Waals surface area contributed by atoms with Gasteiger partial charge in [0.1, 0.15) is 24.4 Å². The number of nitrogen functional groups attached to an aromatic ring is 1. The molecule has 50 heavy (non-hydrogen) atoms. The van der Waals surface area contributed by atoms with Gasteiger partial charge in [0.25, 0.3) is 11.8 Å². The molecule has 2 aliphatic heterocycles. The number of nitrogens with two attached hydrogens (primary N) is 1. The lowest BCUT2D eigenvalue weighted by molar-refractivity contribution is -0.256. The molecule has 0 spiro atoms. The Labute approximate surface area is 284 Å². The number of carbonyl (C=O) groups is 5. The Balaban J connectivity index is 1.24. The van der Waals surface area contributed by atoms with E-state index >= 15 is 0 Å². The van der Waals surface area contributed by atoms with Crippen LogP contribution in [0.25, 0.3) is 5.52 Å². The van der Waals surface area contributed by atoms with Gasteiger partial charge in [0.15, 0.2) is 22.3 Å². The van der Waals surface area contributed by atoms with Crippen LogP contribution in [0.15, 0.2) is 33.8 Å². The molecule has 6 rings (SSSR count). The van der Waals surface area contributed by atoms with Crippen LogP contribution in [-0.2, 0) is 38.4 Å². The van der Waals surface area contributed by atoms with Gasteiger partial charge >= 0.3 is 29.3 Å². The fourth-order valence-corrected chi connectivity index (χ4v) is 6.53. The molecule has 3 aromatic rings. The van der Waals surface area contributed by atoms with E-state index in [2.05, 4.69) is 15.5 Å². The van der Waals surface area contributed by atoms with Crippen molar-refractivity contribution in [3.05, 3.63) is 40.0 Å². The van der Waals surface area contributed by atoms with Gasteiger partial charge in [-0.15, -0.1) is 11.3 Å². The first-order chi connectivity index (χ1) is 23.5. The smallest absolute Gasteiger partial charge is 0.372 e. The number of aliphatic carboxylic acids is 2. The number of imidazole rings is 1. The van der Waals surface area contributed by atoms with Gasteiger partial charge in [-0.25, -0.2) is 24.2 Å². The Morgan fingerprint density at radius 3 is 2.40 bits per heavy atom. The summed E-state index contributed by atoms with van der Waals surface area (Å²) in [7, 11) is 0. The van der Waals surface area contributed by atoms with E-state index in [1.54, 1.807) is 0 Å². The maximum atomic E-state index is 13.6. The third-order valence-corrected chi connectivity index (χ3v) is 9.72. The molecule has 2 saturated heterocycles. The molecule has 7 N–H and O–H groups in total. The summed E-state index contributed by atoms with van der Waals surface area (Å²) in [5.74, 6) is -7.73. The Bertz CT molecular complexity index is 2020. The number of cyclic esters (lactones) is 1. The van der Waals surface area contributed by atoms with Gasteiger partial charge in [-0.05, 0) is 18.3 Å². The van der Waals surface area contributed by atoms with E-state index in [9.17, 15) is 49.2 Å². The van der Waals surface area contributed by atoms with Gasteiger partial charge in [-0.2, -0.15) is 5.06 Å². The Morgan fingerprint density at radius 1 is 1.08 bits per heavy atom. The highest BCUT2D eigenvalue weighted by Gasteiger charge is 2.63. The van der Waals surface area contributed by atoms with Gasteiger partial charge in [0.2, 0.25) is 5.60 Å². The highest BCUT2D eigenvalue weighted by Crippen LogP contribution is 2.43. The van der Waals surface area contributed by atoms with E-state index in [-0.39, 0.29) is 39.7 Å². The number of nitrogens with one attached hydrogen (secondary N) is 1. The maximum Gasteiger partial charge on any atom is 0.372 e. The number of pyridine rings is 1. The second-order valence-electron chi connectivity index (χ2n) is 12.9. The summed E-state index contributed by atoms with van der Waals surface area (Å²) >= 11 is 0.952. The van der Waals surface area contributed by atoms with E-state index in [4.69, 9.17) is 20.1 Å². The number of esters is 1. The zero-order chi connectivity index (χ0) is 36.3. The molecule has 3 atom stereocenters. The molecular formula is C29H31N7O13S. The summed E-state index contributed by atoms with van der Waals surface area (Å²) in [4.78, 5) is 93.0. The van der Waals surface area contributed by atoms with Crippen molar-refractivity contribution >= 4 is 57.4 Å². The van der Waals surface area contributed by atoms with E-state index < -0.39 is 89.1 Å². The van der Waals surface area contributed by atoms with Crippen molar-refractivity contribution in [3.63, 3.8) is 0 Å². The van der Waals surface area contributed by atoms with Crippen LogP contribution < -0.4 is 16.7 Å². The summed E-state index contributed by atoms with van der Waals surface area (Å²) in [5, 5.41) is 47.8. The molecule has 5 heterocycles. The first kappa shape index (κ1) is 34.2. The van der Waals surface area contributed by atoms with Crippen LogP contribution in [0.2, 0.25) is 0 Å². The van der Waals surface area contributed by atoms with Crippen LogP contribution in [0.4, 0.5) is 5.13 Å². The molecule has 20 nitrogen and oxygen atoms in total. The fourth-order valence-electron chi connectivity index (χ4n) is 5.98. The summed E-state index contributed by atoms with van der Waals surface area (Å²) in [5.41, 5.74) is -0.357. The van der Waals surface area contributed by atoms with Gasteiger partial charge in [0.05, 0.1) is 18.1 Å². The van der Waals surface area contributed by atoms with Crippen LogP contribution in [-0.4, -0.2) is 98.8 Å². The number of nitrogens with zero attached hydrogens (tertiary/aromatic N) is 5. The quantitative estimate of drug-likeness (QED) is 0.0959. The minimum atomic E-state index is -2.78. The second-order valence-corrected chi connectivity index (χ2v) is 13.8. The minimum absolute atomic E-state index is 0.0455. The van der Waals surface area contributed by atoms with Crippen molar-refractivity contribution in [2.45, 2.75) is 69.4 Å². The lowest BCUT2D eigenvalue weighted by Crippen LogP contribution is -2.57. The van der Waals surface area contributed by atoms with Gasteiger partial charge in [-0.1, -0.05) is 19.0 Å². The zero-order valence-electron chi connectivity index (χ0n) is 26.4. The number of hydroxylamine groups is 2. The number of fused-ring (bicyclic) bond motifs is 1. The highest BCUT2D eigenvalue weighted by molar-refractivity contribution is 7.13. The van der Waals surface area contributed by atoms with Gasteiger partial charge in [0, 0.05) is 30.5 Å². The topological polar surface area (TPSA) is 287 Å². The van der Waals surface area contributed by atoms with Crippen molar-refractivity contribution < 1.29 is 58.8 Å². The van der Waals surface area contributed by atoms with E-state index in [1.807, 2.05) is 13.8 Å². The number of carboxylic acids is 2. The number of amides is 2. The number of thiazole rings is 1. The number of aromatic hydroxyl groups is 2. The van der Waals surface area contributed by atoms with Crippen molar-refractivity contribution in [3.8, 4) is 11.5 Å². The number of ether oxygens (including phenoxy) is 1. The number of hydrogen-bond acceptors (Lipinski definition) is 15. The molecule has 3 aliphatic rings. The molecular weight excluding hydrogens is 686 g/mol. The van der Waals surface area contributed by atoms with Gasteiger partial charge < -0.3 is 41.1 Å². The average Bonchev–Trinajstić information content (AvgIpc) is 3.81. The third kappa shape index (κ3) is 5.72. The predicted molar refractivity (Wildman–Crippen MR) is 167 cm³/mol. The number of hydrogen-bond donors (Lipinski definition) is 6. The lowest BCUT2D eigenvalue weighted by atomic mass is 9.71. The van der Waals surface area contributed by atoms with Gasteiger partial charge in [-0.3, -0.25) is 23.4 Å². The number of carboxylic acid groups (broad SMARTS) is 2. The monoisotopic (exact) mass is 717 g/mol. The van der Waals surface area contributed by atoms with Crippen LogP contribution in [0, 0.1) is 5.41 Å². The van der Waals surface area contributed by atoms with Crippen molar-refractivity contribution in [2.24, 2.45) is 10.6 Å². The molecule has 0 radical (unpaired) electrons. The molecule has 1 aliphatic carbocycles. The molecule has 2 amide bonds. The molecule has 21 heteroatoms. The highest BCUT2D eigenvalue weighted by atomic mass is 32.1. The Hall–Kier alpha value is -5.70. The van der Waals surface area contributed by atoms with Crippen LogP contribution in [0.3, 0.4) is 0 Å². The summed E-state index contributed by atoms with van der Waals surface area (Å²) in [6, 6.07) is -2.11. The van der Waals surface area contributed by atoms with Crippen molar-refractivity contribution in [2.75, 3.05) is 12.3 Å². The van der Waals surface area contributed by atoms with Crippen LogP contribution in [0.1, 0.15) is 57.7 Å². The molecule has 3 fully saturated rings. The first-order valence-corrected chi connectivity index (χ1v) is 16.0. The zero-order valence-corrected chi connectivity index (χ0v) is 27.2. The summed E-state index contributed by atoms with van der Waals surface area (Å²) in [6.45, 7) is 3.36. The van der Waals surface area contributed by atoms with Crippen LogP contribution >= 0.6 is 11.3 Å². The second kappa shape index (κ2) is 12.0. The van der Waals surface area contributed by atoms with Crippen molar-refractivity contribution in [1.29, 1.82) is 0 Å². The first-order valence-electron chi connectivity index (χ1n) is 15.1. The fraction of sp³-hybridized carbons (Fsp3) is 0.448. The normalized spacial score (nSPS) is 24.7. The largest absolute Gasteiger partial charge is 0.504 e. The summed E-state index contributed by atoms with van der Waals surface area (Å²) < 4.78 is 6.92. The molecule has 3 aromatic heterocycles. The predicted octanol–water partition coefficient (Wildman–Crippen LogP) is -0.0771. The Kier molecular flexibility index (Phi) is 8.21. The number of oxime groups is 1. The molecule has 2 unspecified atom stereocenters. The Morgan fingerprint density at radius 2 is 1.78 bits per heavy atom. The van der Waals surface area contributed by atoms with E-state index in [0.29, 0.717) is 12.8 Å². The summed E-state index contributed by atoms with van der Waals surface area (Å²) in [6.07, 6.45) is 2.42. The molecule has 1 saturated carbocycles. The minimum Gasteiger partial charge on any atom is -0.504 e. The van der Waals surface area contributed by atoms with E-state index in [0.717, 1.165) is 38.8 Å². The molecule has 0 aromatic carbocycles. The number of carbonyl (C=O) groups excluding carboxylic acids is 3. The average molecular weight is 718 g/mol. The lowest BCUT2D eigenvalue weighted by Gasteiger charge is -2.38.